The molecule has 4 rings (SSSR count). The van der Waals surface area contributed by atoms with E-state index in [1.165, 1.54) is 37.7 Å². The molecule has 0 heterocycles. The molecule has 4 aliphatic carbocycles. The lowest BCUT2D eigenvalue weighted by Crippen LogP contribution is -2.51. The lowest BCUT2D eigenvalue weighted by Gasteiger charge is -2.58. The Morgan fingerprint density at radius 2 is 1.86 bits per heavy atom. The van der Waals surface area contributed by atoms with E-state index in [1.54, 1.807) is 0 Å². The number of hydrogen-bond acceptors (Lipinski definition) is 2. The smallest absolute Gasteiger partial charge is 0.155 e. The van der Waals surface area contributed by atoms with Crippen molar-refractivity contribution in [3.63, 3.8) is 0 Å². The molecule has 7 atom stereocenters. The Hall–Kier alpha value is -0.630. The fraction of sp³-hybridized carbons (Fsp3) is 0.885. The molecule has 7 unspecified atom stereocenters. The van der Waals surface area contributed by atoms with Crippen LogP contribution in [0.1, 0.15) is 98.8 Å². The highest BCUT2D eigenvalue weighted by atomic mass is 16.3. The van der Waals surface area contributed by atoms with Crippen molar-refractivity contribution >= 4 is 5.78 Å². The minimum atomic E-state index is -0.538. The van der Waals surface area contributed by atoms with E-state index < -0.39 is 5.60 Å². The third-order valence-electron chi connectivity index (χ3n) is 9.93. The average Bonchev–Trinajstić information content (AvgIpc) is 2.97. The molecular formula is C26H42O2. The van der Waals surface area contributed by atoms with Crippen LogP contribution in [-0.2, 0) is 4.79 Å². The number of carbonyl (C=O) groups is 1. The molecule has 158 valence electrons. The number of rotatable bonds is 4. The van der Waals surface area contributed by atoms with Crippen molar-refractivity contribution in [2.75, 3.05) is 0 Å². The van der Waals surface area contributed by atoms with Crippen LogP contribution >= 0.6 is 0 Å². The Labute approximate surface area is 172 Å². The number of aliphatic hydroxyl groups is 1. The largest absolute Gasteiger partial charge is 0.390 e. The van der Waals surface area contributed by atoms with Gasteiger partial charge in [0.2, 0.25) is 0 Å². The van der Waals surface area contributed by atoms with Crippen molar-refractivity contribution in [2.24, 2.45) is 40.4 Å². The molecular weight excluding hydrogens is 344 g/mol. The van der Waals surface area contributed by atoms with E-state index in [-0.39, 0.29) is 0 Å². The molecule has 0 spiro atoms. The Balaban J connectivity index is 1.52. The van der Waals surface area contributed by atoms with E-state index >= 15 is 0 Å². The molecule has 3 saturated carbocycles. The molecule has 28 heavy (non-hydrogen) atoms. The third-order valence-corrected chi connectivity index (χ3v) is 9.93. The first kappa shape index (κ1) is 20.6. The summed E-state index contributed by atoms with van der Waals surface area (Å²) in [7, 11) is 0. The van der Waals surface area contributed by atoms with Crippen LogP contribution in [0.4, 0.5) is 0 Å². The van der Waals surface area contributed by atoms with Gasteiger partial charge < -0.3 is 5.11 Å². The Morgan fingerprint density at radius 3 is 2.57 bits per heavy atom. The summed E-state index contributed by atoms with van der Waals surface area (Å²) in [5, 5.41) is 10.2. The van der Waals surface area contributed by atoms with Crippen LogP contribution in [0.5, 0.6) is 0 Å². The van der Waals surface area contributed by atoms with Crippen LogP contribution in [0.25, 0.3) is 0 Å². The predicted molar refractivity (Wildman–Crippen MR) is 115 cm³/mol. The van der Waals surface area contributed by atoms with Gasteiger partial charge in [-0.05, 0) is 118 Å². The van der Waals surface area contributed by atoms with Crippen molar-refractivity contribution in [1.82, 2.24) is 0 Å². The quantitative estimate of drug-likeness (QED) is 0.613. The Kier molecular flexibility index (Phi) is 5.13. The lowest BCUT2D eigenvalue weighted by atomic mass is 9.46. The summed E-state index contributed by atoms with van der Waals surface area (Å²) in [5.41, 5.74) is 1.73. The molecule has 0 aromatic carbocycles. The first-order valence-corrected chi connectivity index (χ1v) is 12.0. The number of fused-ring (bicyclic) bond motifs is 5. The lowest BCUT2D eigenvalue weighted by molar-refractivity contribution is -0.117. The van der Waals surface area contributed by atoms with Crippen LogP contribution in [0, 0.1) is 40.4 Å². The topological polar surface area (TPSA) is 37.3 Å². The summed E-state index contributed by atoms with van der Waals surface area (Å²) >= 11 is 0. The molecule has 0 aromatic heterocycles. The molecule has 2 heteroatoms. The summed E-state index contributed by atoms with van der Waals surface area (Å²) in [5.74, 6) is 4.42. The number of allylic oxidation sites excluding steroid dienone is 1. The van der Waals surface area contributed by atoms with Crippen LogP contribution in [0.2, 0.25) is 0 Å². The minimum Gasteiger partial charge on any atom is -0.390 e. The highest BCUT2D eigenvalue weighted by Crippen LogP contribution is 2.67. The van der Waals surface area contributed by atoms with E-state index in [9.17, 15) is 9.90 Å². The SMILES string of the molecule is CC(CCC(C)(C)O)C1CCC2C3CCC4=CC(=O)CCC4(C)C3CCC12C. The number of carbonyl (C=O) groups excluding carboxylic acids is 1. The zero-order valence-electron chi connectivity index (χ0n) is 18.9. The third kappa shape index (κ3) is 3.32. The second kappa shape index (κ2) is 6.96. The Morgan fingerprint density at radius 1 is 1.11 bits per heavy atom. The summed E-state index contributed by atoms with van der Waals surface area (Å²) in [6.07, 6.45) is 13.9. The zero-order valence-corrected chi connectivity index (χ0v) is 18.9. The van der Waals surface area contributed by atoms with Crippen LogP contribution < -0.4 is 0 Å². The molecule has 0 amide bonds. The maximum atomic E-state index is 12.0. The summed E-state index contributed by atoms with van der Waals surface area (Å²) < 4.78 is 0. The van der Waals surface area contributed by atoms with Crippen molar-refractivity contribution < 1.29 is 9.90 Å². The summed E-state index contributed by atoms with van der Waals surface area (Å²) in [6, 6.07) is 0. The first-order chi connectivity index (χ1) is 13.0. The second-order valence-corrected chi connectivity index (χ2v) is 12.0. The van der Waals surface area contributed by atoms with Crippen molar-refractivity contribution in [3.05, 3.63) is 11.6 Å². The number of hydrogen-bond donors (Lipinski definition) is 1. The molecule has 0 radical (unpaired) electrons. The standard InChI is InChI=1S/C26H42O2/c1-17(10-13-24(2,3)28)21-8-9-22-20-7-6-18-16-19(27)11-14-25(18,4)23(20)12-15-26(21,22)5/h16-17,20-23,28H,6-15H2,1-5H3. The maximum absolute atomic E-state index is 12.0. The predicted octanol–water partition coefficient (Wildman–Crippen LogP) is 6.32. The van der Waals surface area contributed by atoms with Gasteiger partial charge in [0, 0.05) is 6.42 Å². The van der Waals surface area contributed by atoms with Gasteiger partial charge in [-0.15, -0.1) is 0 Å². The van der Waals surface area contributed by atoms with Crippen LogP contribution in [0.15, 0.2) is 11.6 Å². The van der Waals surface area contributed by atoms with E-state index in [4.69, 9.17) is 0 Å². The summed E-state index contributed by atoms with van der Waals surface area (Å²) in [6.45, 7) is 11.5. The number of ketones is 1. The monoisotopic (exact) mass is 386 g/mol. The minimum absolute atomic E-state index is 0.294. The van der Waals surface area contributed by atoms with Gasteiger partial charge in [-0.25, -0.2) is 0 Å². The fourth-order valence-corrected chi connectivity index (χ4v) is 8.32. The van der Waals surface area contributed by atoms with Gasteiger partial charge in [-0.1, -0.05) is 26.3 Å². The van der Waals surface area contributed by atoms with Gasteiger partial charge in [-0.2, -0.15) is 0 Å². The molecule has 2 nitrogen and oxygen atoms in total. The molecule has 0 bridgehead atoms. The molecule has 4 aliphatic rings. The van der Waals surface area contributed by atoms with Crippen LogP contribution in [-0.4, -0.2) is 16.5 Å². The van der Waals surface area contributed by atoms with Gasteiger partial charge in [0.15, 0.2) is 5.78 Å². The van der Waals surface area contributed by atoms with Crippen molar-refractivity contribution in [3.8, 4) is 0 Å². The maximum Gasteiger partial charge on any atom is 0.155 e. The van der Waals surface area contributed by atoms with E-state index in [0.29, 0.717) is 22.5 Å². The molecule has 0 aliphatic heterocycles. The van der Waals surface area contributed by atoms with Crippen molar-refractivity contribution in [1.29, 1.82) is 0 Å². The second-order valence-electron chi connectivity index (χ2n) is 12.0. The van der Waals surface area contributed by atoms with Crippen molar-refractivity contribution in [2.45, 2.75) is 104 Å². The Bertz CT molecular complexity index is 656. The highest BCUT2D eigenvalue weighted by molar-refractivity contribution is 5.91. The first-order valence-electron chi connectivity index (χ1n) is 12.0. The fourth-order valence-electron chi connectivity index (χ4n) is 8.32. The van der Waals surface area contributed by atoms with E-state index in [2.05, 4.69) is 20.8 Å². The molecule has 0 aromatic rings. The van der Waals surface area contributed by atoms with E-state index in [1.807, 2.05) is 19.9 Å². The van der Waals surface area contributed by atoms with Crippen LogP contribution in [0.3, 0.4) is 0 Å². The molecule has 1 N–H and O–H groups in total. The van der Waals surface area contributed by atoms with Gasteiger partial charge in [0.25, 0.3) is 0 Å². The van der Waals surface area contributed by atoms with E-state index in [0.717, 1.165) is 55.8 Å². The van der Waals surface area contributed by atoms with Gasteiger partial charge in [0.1, 0.15) is 0 Å². The van der Waals surface area contributed by atoms with Gasteiger partial charge in [0.05, 0.1) is 5.60 Å². The summed E-state index contributed by atoms with van der Waals surface area (Å²) in [4.78, 5) is 12.0. The van der Waals surface area contributed by atoms with Gasteiger partial charge in [-0.3, -0.25) is 4.79 Å². The highest BCUT2D eigenvalue weighted by Gasteiger charge is 2.59. The molecule has 3 fully saturated rings. The molecule has 0 saturated heterocycles. The normalized spacial score (nSPS) is 44.4. The zero-order chi connectivity index (χ0) is 20.3. The average molecular weight is 387 g/mol. The van der Waals surface area contributed by atoms with Gasteiger partial charge >= 0.3 is 0 Å².